The Morgan fingerprint density at radius 2 is 1.95 bits per heavy atom. The monoisotopic (exact) mass is 274 g/mol. The summed E-state index contributed by atoms with van der Waals surface area (Å²) in [6.07, 6.45) is 0.349. The Balaban J connectivity index is 0. The zero-order valence-electron chi connectivity index (χ0n) is 10.9. The van der Waals surface area contributed by atoms with Crippen LogP contribution in [0.1, 0.15) is 32.6 Å². The molecule has 0 aromatic rings. The van der Waals surface area contributed by atoms with Crippen LogP contribution < -0.4 is 5.32 Å². The van der Waals surface area contributed by atoms with Crippen LogP contribution in [0, 0.1) is 11.3 Å². The van der Waals surface area contributed by atoms with E-state index in [9.17, 15) is 14.4 Å². The fourth-order valence-corrected chi connectivity index (χ4v) is 0.881. The van der Waals surface area contributed by atoms with Crippen LogP contribution in [-0.2, 0) is 14.3 Å². The molecule has 0 radical (unpaired) electrons. The number of carbonyl (C=O) groups is 3. The first-order valence-electron chi connectivity index (χ1n) is 5.55. The summed E-state index contributed by atoms with van der Waals surface area (Å²) >= 11 is 0. The number of nitrogens with one attached hydrogen (secondary N) is 1. The van der Waals surface area contributed by atoms with E-state index in [1.165, 1.54) is 0 Å². The maximum absolute atomic E-state index is 10.6. The molecule has 1 amide bonds. The Morgan fingerprint density at radius 1 is 1.37 bits per heavy atom. The summed E-state index contributed by atoms with van der Waals surface area (Å²) in [5.41, 5.74) is 0. The number of nitriles is 1. The number of amides is 1. The van der Waals surface area contributed by atoms with Crippen molar-refractivity contribution >= 4 is 18.0 Å². The van der Waals surface area contributed by atoms with E-state index < -0.39 is 24.1 Å². The van der Waals surface area contributed by atoms with Gasteiger partial charge in [0.1, 0.15) is 6.04 Å². The standard InChI is InChI=1S/C7H10N2O4.C4H8O2/c1-13-7(12)9-5(6(10)11)3-2-4-8;1-2-3-4(5)6/h5H,2-3H2,1H3,(H,9,12)(H,10,11);2-3H2,1H3,(H,5,6). The SMILES string of the molecule is CCCC(=O)O.COC(=O)NC(CCC#N)C(=O)O. The van der Waals surface area contributed by atoms with Gasteiger partial charge < -0.3 is 20.3 Å². The van der Waals surface area contributed by atoms with Crippen molar-refractivity contribution in [3.8, 4) is 6.07 Å². The molecule has 0 aromatic heterocycles. The van der Waals surface area contributed by atoms with E-state index in [1.807, 2.05) is 6.92 Å². The lowest BCUT2D eigenvalue weighted by molar-refractivity contribution is -0.139. The van der Waals surface area contributed by atoms with Crippen molar-refractivity contribution < 1.29 is 29.3 Å². The van der Waals surface area contributed by atoms with Gasteiger partial charge in [0.15, 0.2) is 0 Å². The number of hydrogen-bond donors (Lipinski definition) is 3. The molecular formula is C11H18N2O6. The van der Waals surface area contributed by atoms with Gasteiger partial charge in [0, 0.05) is 12.8 Å². The average Bonchev–Trinajstić information content (AvgIpc) is 2.34. The van der Waals surface area contributed by atoms with Crippen molar-refractivity contribution in [1.82, 2.24) is 5.32 Å². The number of ether oxygens (including phenoxy) is 1. The summed E-state index contributed by atoms with van der Waals surface area (Å²) in [7, 11) is 1.14. The van der Waals surface area contributed by atoms with Gasteiger partial charge in [0.25, 0.3) is 0 Å². The van der Waals surface area contributed by atoms with Gasteiger partial charge in [0.05, 0.1) is 13.2 Å². The van der Waals surface area contributed by atoms with E-state index >= 15 is 0 Å². The van der Waals surface area contributed by atoms with E-state index in [2.05, 4.69) is 10.1 Å². The molecule has 0 fully saturated rings. The lowest BCUT2D eigenvalue weighted by atomic mass is 10.2. The van der Waals surface area contributed by atoms with Crippen LogP contribution in [0.25, 0.3) is 0 Å². The summed E-state index contributed by atoms with van der Waals surface area (Å²) in [4.78, 5) is 30.7. The number of hydrogen-bond acceptors (Lipinski definition) is 5. The molecule has 108 valence electrons. The lowest BCUT2D eigenvalue weighted by Gasteiger charge is -2.10. The quantitative estimate of drug-likeness (QED) is 0.656. The summed E-state index contributed by atoms with van der Waals surface area (Å²) in [6.45, 7) is 1.84. The smallest absolute Gasteiger partial charge is 0.407 e. The van der Waals surface area contributed by atoms with Crippen LogP contribution in [0.15, 0.2) is 0 Å². The molecule has 0 saturated carbocycles. The van der Waals surface area contributed by atoms with Gasteiger partial charge in [-0.3, -0.25) is 4.79 Å². The van der Waals surface area contributed by atoms with Crippen molar-refractivity contribution in [2.45, 2.75) is 38.6 Å². The van der Waals surface area contributed by atoms with E-state index in [0.717, 1.165) is 13.5 Å². The second-order valence-corrected chi connectivity index (χ2v) is 3.37. The molecule has 0 aliphatic heterocycles. The molecule has 0 rings (SSSR count). The number of alkyl carbamates (subject to hydrolysis) is 1. The average molecular weight is 274 g/mol. The first-order chi connectivity index (χ1) is 8.88. The first-order valence-corrected chi connectivity index (χ1v) is 5.55. The van der Waals surface area contributed by atoms with Crippen LogP contribution in [0.3, 0.4) is 0 Å². The largest absolute Gasteiger partial charge is 0.481 e. The predicted octanol–water partition coefficient (Wildman–Crippen LogP) is 0.970. The number of carboxylic acids is 2. The Morgan fingerprint density at radius 3 is 2.21 bits per heavy atom. The topological polar surface area (TPSA) is 137 Å². The minimum atomic E-state index is -1.18. The molecule has 0 aliphatic carbocycles. The number of nitrogens with zero attached hydrogens (tertiary/aromatic N) is 1. The fourth-order valence-electron chi connectivity index (χ4n) is 0.881. The summed E-state index contributed by atoms with van der Waals surface area (Å²) in [6, 6.07) is 0.726. The van der Waals surface area contributed by atoms with Crippen molar-refractivity contribution in [1.29, 1.82) is 5.26 Å². The van der Waals surface area contributed by atoms with Crippen LogP contribution in [0.4, 0.5) is 4.79 Å². The lowest BCUT2D eigenvalue weighted by Crippen LogP contribution is -2.40. The zero-order chi connectivity index (χ0) is 15.3. The Hall–Kier alpha value is -2.30. The van der Waals surface area contributed by atoms with Crippen molar-refractivity contribution in [2.75, 3.05) is 7.11 Å². The highest BCUT2D eigenvalue weighted by molar-refractivity contribution is 5.79. The molecular weight excluding hydrogens is 256 g/mol. The number of aliphatic carboxylic acids is 2. The normalized spacial score (nSPS) is 10.2. The molecule has 0 saturated heterocycles. The number of carbonyl (C=O) groups excluding carboxylic acids is 1. The minimum Gasteiger partial charge on any atom is -0.481 e. The van der Waals surface area contributed by atoms with E-state index in [1.54, 1.807) is 6.07 Å². The van der Waals surface area contributed by atoms with Crippen molar-refractivity contribution in [2.24, 2.45) is 0 Å². The summed E-state index contributed by atoms with van der Waals surface area (Å²) in [5, 5.41) is 26.8. The fraction of sp³-hybridized carbons (Fsp3) is 0.636. The molecule has 8 nitrogen and oxygen atoms in total. The number of rotatable bonds is 6. The van der Waals surface area contributed by atoms with Gasteiger partial charge in [0.2, 0.25) is 0 Å². The van der Waals surface area contributed by atoms with Crippen LogP contribution in [-0.4, -0.2) is 41.4 Å². The molecule has 0 aromatic carbocycles. The van der Waals surface area contributed by atoms with E-state index in [4.69, 9.17) is 15.5 Å². The van der Waals surface area contributed by atoms with Crippen LogP contribution in [0.2, 0.25) is 0 Å². The van der Waals surface area contributed by atoms with Gasteiger partial charge in [-0.05, 0) is 12.8 Å². The predicted molar refractivity (Wildman–Crippen MR) is 64.4 cm³/mol. The van der Waals surface area contributed by atoms with Crippen molar-refractivity contribution in [3.63, 3.8) is 0 Å². The zero-order valence-corrected chi connectivity index (χ0v) is 10.9. The Bertz CT molecular complexity index is 337. The van der Waals surface area contributed by atoms with Gasteiger partial charge in [-0.2, -0.15) is 5.26 Å². The molecule has 0 spiro atoms. The highest BCUT2D eigenvalue weighted by Crippen LogP contribution is 1.96. The van der Waals surface area contributed by atoms with Gasteiger partial charge >= 0.3 is 18.0 Å². The second-order valence-electron chi connectivity index (χ2n) is 3.37. The van der Waals surface area contributed by atoms with E-state index in [-0.39, 0.29) is 12.8 Å². The van der Waals surface area contributed by atoms with Crippen molar-refractivity contribution in [3.05, 3.63) is 0 Å². The summed E-state index contributed by atoms with van der Waals surface area (Å²) in [5.74, 6) is -1.89. The maximum Gasteiger partial charge on any atom is 0.407 e. The van der Waals surface area contributed by atoms with Crippen LogP contribution in [0.5, 0.6) is 0 Å². The van der Waals surface area contributed by atoms with Gasteiger partial charge in [-0.25, -0.2) is 9.59 Å². The Kier molecular flexibility index (Phi) is 12.2. The van der Waals surface area contributed by atoms with Crippen LogP contribution >= 0.6 is 0 Å². The molecule has 0 heterocycles. The molecule has 0 aliphatic rings. The highest BCUT2D eigenvalue weighted by Gasteiger charge is 2.19. The van der Waals surface area contributed by atoms with Gasteiger partial charge in [-0.1, -0.05) is 6.92 Å². The third-order valence-corrected chi connectivity index (χ3v) is 1.78. The molecule has 8 heteroatoms. The maximum atomic E-state index is 10.6. The molecule has 1 atom stereocenters. The molecule has 0 bridgehead atoms. The molecule has 1 unspecified atom stereocenters. The second kappa shape index (κ2) is 12.2. The first kappa shape index (κ1) is 19.0. The number of carboxylic acid groups (broad SMARTS) is 2. The summed E-state index contributed by atoms with van der Waals surface area (Å²) < 4.78 is 4.21. The Labute approximate surface area is 111 Å². The highest BCUT2D eigenvalue weighted by atomic mass is 16.5. The number of methoxy groups -OCH3 is 1. The third-order valence-electron chi connectivity index (χ3n) is 1.78. The molecule has 19 heavy (non-hydrogen) atoms. The minimum absolute atomic E-state index is 0.0704. The van der Waals surface area contributed by atoms with E-state index in [0.29, 0.717) is 6.42 Å². The molecule has 3 N–H and O–H groups in total. The van der Waals surface area contributed by atoms with Gasteiger partial charge in [-0.15, -0.1) is 0 Å². The third kappa shape index (κ3) is 13.6.